The van der Waals surface area contributed by atoms with Crippen LogP contribution in [0.25, 0.3) is 0 Å². The number of allylic oxidation sites excluding steroid dienone is 20. The molecule has 0 saturated heterocycles. The molecule has 0 fully saturated rings. The lowest BCUT2D eigenvalue weighted by Crippen LogP contribution is -2.30. The van der Waals surface area contributed by atoms with E-state index < -0.39 is 6.10 Å². The van der Waals surface area contributed by atoms with Gasteiger partial charge in [0.15, 0.2) is 6.10 Å². The molecule has 0 amide bonds. The Morgan fingerprint density at radius 1 is 0.253 bits per heavy atom. The molecule has 0 aliphatic carbocycles. The molecule has 0 aliphatic rings. The van der Waals surface area contributed by atoms with Crippen LogP contribution in [0.5, 0.6) is 0 Å². The van der Waals surface area contributed by atoms with Gasteiger partial charge in [0, 0.05) is 19.3 Å². The van der Waals surface area contributed by atoms with Crippen molar-refractivity contribution in [3.05, 3.63) is 122 Å². The molecular weight excluding hydrogens is 1020 g/mol. The summed E-state index contributed by atoms with van der Waals surface area (Å²) in [5.74, 6) is -0.943. The summed E-state index contributed by atoms with van der Waals surface area (Å²) in [4.78, 5) is 38.4. The Labute approximate surface area is 513 Å². The van der Waals surface area contributed by atoms with Crippen LogP contribution in [0.15, 0.2) is 122 Å². The van der Waals surface area contributed by atoms with E-state index in [4.69, 9.17) is 14.2 Å². The Kier molecular flexibility index (Phi) is 66.7. The van der Waals surface area contributed by atoms with Gasteiger partial charge in [0.2, 0.25) is 0 Å². The van der Waals surface area contributed by atoms with Crippen molar-refractivity contribution in [2.24, 2.45) is 0 Å². The van der Waals surface area contributed by atoms with Gasteiger partial charge in [-0.2, -0.15) is 0 Å². The van der Waals surface area contributed by atoms with E-state index in [0.29, 0.717) is 19.3 Å². The molecule has 6 heteroatoms. The molecule has 0 saturated carbocycles. The molecule has 0 rings (SSSR count). The Morgan fingerprint density at radius 3 is 0.759 bits per heavy atom. The Balaban J connectivity index is 4.38. The minimum Gasteiger partial charge on any atom is -0.462 e. The molecule has 0 spiro atoms. The first-order valence-electron chi connectivity index (χ1n) is 35.0. The second-order valence-electron chi connectivity index (χ2n) is 23.0. The van der Waals surface area contributed by atoms with Gasteiger partial charge in [-0.25, -0.2) is 0 Å². The molecule has 0 heterocycles. The van der Waals surface area contributed by atoms with Crippen molar-refractivity contribution in [2.45, 2.75) is 335 Å². The third kappa shape index (κ3) is 68.5. The van der Waals surface area contributed by atoms with Crippen LogP contribution in [0, 0.1) is 0 Å². The van der Waals surface area contributed by atoms with Crippen molar-refractivity contribution in [1.29, 1.82) is 0 Å². The van der Waals surface area contributed by atoms with Crippen molar-refractivity contribution in [3.8, 4) is 0 Å². The normalized spacial score (nSPS) is 12.9. The third-order valence-corrected chi connectivity index (χ3v) is 15.0. The van der Waals surface area contributed by atoms with Crippen LogP contribution >= 0.6 is 0 Å². The summed E-state index contributed by atoms with van der Waals surface area (Å²) in [6.07, 6.45) is 98.0. The number of carbonyl (C=O) groups is 3. The monoisotopic (exact) mass is 1150 g/mol. The highest BCUT2D eigenvalue weighted by Gasteiger charge is 2.19. The molecule has 0 bridgehead atoms. The van der Waals surface area contributed by atoms with Gasteiger partial charge in [-0.3, -0.25) is 14.4 Å². The second-order valence-corrected chi connectivity index (χ2v) is 23.0. The molecule has 0 radical (unpaired) electrons. The number of esters is 3. The van der Waals surface area contributed by atoms with Gasteiger partial charge in [-0.05, 0) is 109 Å². The first-order chi connectivity index (χ1) is 41.0. The predicted molar refractivity (Wildman–Crippen MR) is 362 cm³/mol. The van der Waals surface area contributed by atoms with Crippen molar-refractivity contribution in [3.63, 3.8) is 0 Å². The smallest absolute Gasteiger partial charge is 0.306 e. The Bertz CT molecular complexity index is 1700. The van der Waals surface area contributed by atoms with E-state index in [0.717, 1.165) is 135 Å². The van der Waals surface area contributed by atoms with Gasteiger partial charge in [-0.15, -0.1) is 0 Å². The van der Waals surface area contributed by atoms with E-state index in [1.807, 2.05) is 0 Å². The van der Waals surface area contributed by atoms with Crippen LogP contribution in [0.1, 0.15) is 329 Å². The van der Waals surface area contributed by atoms with Gasteiger partial charge in [-0.1, -0.05) is 322 Å². The van der Waals surface area contributed by atoms with E-state index in [1.54, 1.807) is 0 Å². The van der Waals surface area contributed by atoms with E-state index in [1.165, 1.54) is 154 Å². The quantitative estimate of drug-likeness (QED) is 0.0261. The largest absolute Gasteiger partial charge is 0.462 e. The minimum absolute atomic E-state index is 0.0994. The summed E-state index contributed by atoms with van der Waals surface area (Å²) in [5, 5.41) is 0. The highest BCUT2D eigenvalue weighted by atomic mass is 16.6. The van der Waals surface area contributed by atoms with Crippen LogP contribution in [0.4, 0.5) is 0 Å². The molecule has 83 heavy (non-hydrogen) atoms. The van der Waals surface area contributed by atoms with E-state index in [2.05, 4.69) is 142 Å². The molecule has 0 aliphatic heterocycles. The van der Waals surface area contributed by atoms with Gasteiger partial charge in [0.05, 0.1) is 0 Å². The van der Waals surface area contributed by atoms with Crippen molar-refractivity contribution < 1.29 is 28.6 Å². The number of carbonyl (C=O) groups excluding carboxylic acids is 3. The number of hydrogen-bond donors (Lipinski definition) is 0. The summed E-state index contributed by atoms with van der Waals surface area (Å²) >= 11 is 0. The first kappa shape index (κ1) is 78.8. The number of hydrogen-bond acceptors (Lipinski definition) is 6. The van der Waals surface area contributed by atoms with E-state index >= 15 is 0 Å². The standard InChI is InChI=1S/C77H130O6/c1-4-7-10-13-16-19-22-25-28-30-32-34-36-38-40-42-44-46-49-52-55-58-61-64-67-70-76(79)82-73-74(72-81-75(78)69-66-63-60-57-54-51-48-27-24-21-18-15-12-9-6-3)83-77(80)71-68-65-62-59-56-53-50-47-45-43-41-39-37-35-33-31-29-26-23-20-17-14-11-8-5-2/h7,9-10,12,16,18-19,21,25,27-28,32,34,38,40,44,46,48,54,57,74H,4-6,8,11,13-15,17,20,22-24,26,29-31,33,35-37,39,41-43,45,47,49-53,55-56,58-73H2,1-3H3/b10-7-,12-9-,19-16-,21-18-,28-25-,34-32-,40-38-,46-44-,48-27-,57-54-. The lowest BCUT2D eigenvalue weighted by atomic mass is 10.0. The van der Waals surface area contributed by atoms with Crippen molar-refractivity contribution >= 4 is 17.9 Å². The SMILES string of the molecule is CC/C=C\C/C=C\C/C=C\C/C=C\C/C=C\C/C=C\CCCCCCCCC(=O)OCC(COC(=O)CCCC/C=C\C/C=C\C/C=C\C/C=C\CC)OC(=O)CCCCCCCCCCCCCCCCCCCCCCCCCCC. The molecular formula is C77H130O6. The van der Waals surface area contributed by atoms with Crippen LogP contribution in [0.3, 0.4) is 0 Å². The Hall–Kier alpha value is -4.19. The molecule has 0 N–H and O–H groups in total. The highest BCUT2D eigenvalue weighted by Crippen LogP contribution is 2.17. The fraction of sp³-hybridized carbons (Fsp3) is 0.701. The summed E-state index contributed by atoms with van der Waals surface area (Å²) in [5.41, 5.74) is 0. The molecule has 6 nitrogen and oxygen atoms in total. The zero-order chi connectivity index (χ0) is 59.9. The van der Waals surface area contributed by atoms with Crippen molar-refractivity contribution in [1.82, 2.24) is 0 Å². The number of unbranched alkanes of at least 4 members (excludes halogenated alkanes) is 32. The van der Waals surface area contributed by atoms with Crippen LogP contribution < -0.4 is 0 Å². The van der Waals surface area contributed by atoms with Crippen LogP contribution in [-0.4, -0.2) is 37.2 Å². The maximum absolute atomic E-state index is 13.0. The zero-order valence-corrected chi connectivity index (χ0v) is 54.4. The van der Waals surface area contributed by atoms with E-state index in [9.17, 15) is 14.4 Å². The van der Waals surface area contributed by atoms with Crippen molar-refractivity contribution in [2.75, 3.05) is 13.2 Å². The van der Waals surface area contributed by atoms with Gasteiger partial charge in [0.25, 0.3) is 0 Å². The highest BCUT2D eigenvalue weighted by molar-refractivity contribution is 5.71. The average molecular weight is 1150 g/mol. The average Bonchev–Trinajstić information content (AvgIpc) is 3.49. The first-order valence-corrected chi connectivity index (χ1v) is 35.0. The molecule has 474 valence electrons. The van der Waals surface area contributed by atoms with Crippen LogP contribution in [0.2, 0.25) is 0 Å². The predicted octanol–water partition coefficient (Wildman–Crippen LogP) is 24.3. The number of ether oxygens (including phenoxy) is 3. The fourth-order valence-electron chi connectivity index (χ4n) is 9.79. The zero-order valence-electron chi connectivity index (χ0n) is 54.4. The molecule has 1 unspecified atom stereocenters. The number of rotatable bonds is 63. The van der Waals surface area contributed by atoms with Gasteiger partial charge in [0.1, 0.15) is 13.2 Å². The summed E-state index contributed by atoms with van der Waals surface area (Å²) < 4.78 is 16.9. The maximum atomic E-state index is 13.0. The van der Waals surface area contributed by atoms with Gasteiger partial charge < -0.3 is 14.2 Å². The maximum Gasteiger partial charge on any atom is 0.306 e. The summed E-state index contributed by atoms with van der Waals surface area (Å²) in [7, 11) is 0. The third-order valence-electron chi connectivity index (χ3n) is 15.0. The fourth-order valence-corrected chi connectivity index (χ4v) is 9.79. The topological polar surface area (TPSA) is 78.9 Å². The van der Waals surface area contributed by atoms with E-state index in [-0.39, 0.29) is 31.1 Å². The lowest BCUT2D eigenvalue weighted by Gasteiger charge is -2.18. The molecule has 0 aromatic heterocycles. The molecule has 0 aromatic rings. The summed E-state index contributed by atoms with van der Waals surface area (Å²) in [6, 6.07) is 0. The lowest BCUT2D eigenvalue weighted by molar-refractivity contribution is -0.167. The van der Waals surface area contributed by atoms with Gasteiger partial charge >= 0.3 is 17.9 Å². The Morgan fingerprint density at radius 2 is 0.470 bits per heavy atom. The van der Waals surface area contributed by atoms with Crippen LogP contribution in [-0.2, 0) is 28.6 Å². The molecule has 0 aromatic carbocycles. The second kappa shape index (κ2) is 70.3. The minimum atomic E-state index is -0.805. The molecule has 1 atom stereocenters. The summed E-state index contributed by atoms with van der Waals surface area (Å²) in [6.45, 7) is 6.40.